The maximum atomic E-state index is 12.5. The maximum Gasteiger partial charge on any atom is 0.238 e. The first-order valence-electron chi connectivity index (χ1n) is 7.94. The number of fused-ring (bicyclic) bond motifs is 1. The zero-order chi connectivity index (χ0) is 15.6. The van der Waals surface area contributed by atoms with E-state index in [1.165, 1.54) is 11.1 Å². The van der Waals surface area contributed by atoms with Crippen LogP contribution < -0.4 is 10.6 Å². The monoisotopic (exact) mass is 325 g/mol. The zero-order valence-electron chi connectivity index (χ0n) is 12.7. The molecule has 0 bridgehead atoms. The maximum absolute atomic E-state index is 12.5. The number of hydrogen-bond donors (Lipinski definition) is 2. The summed E-state index contributed by atoms with van der Waals surface area (Å²) in [6.45, 7) is 0. The molecule has 1 aliphatic heterocycles. The van der Waals surface area contributed by atoms with Crippen molar-refractivity contribution < 1.29 is 4.79 Å². The lowest BCUT2D eigenvalue weighted by molar-refractivity contribution is -0.123. The minimum Gasteiger partial charge on any atom is -0.351 e. The van der Waals surface area contributed by atoms with Crippen LogP contribution in [0.1, 0.15) is 22.1 Å². The summed E-state index contributed by atoms with van der Waals surface area (Å²) in [6.07, 6.45) is 5.51. The molecule has 0 saturated carbocycles. The van der Waals surface area contributed by atoms with E-state index in [4.69, 9.17) is 0 Å². The van der Waals surface area contributed by atoms with E-state index in [0.717, 1.165) is 24.2 Å². The molecular weight excluding hydrogens is 306 g/mol. The number of hydrogen-bond acceptors (Lipinski definition) is 4. The van der Waals surface area contributed by atoms with Crippen molar-refractivity contribution in [3.8, 4) is 0 Å². The van der Waals surface area contributed by atoms with Gasteiger partial charge in [0.2, 0.25) is 5.91 Å². The van der Waals surface area contributed by atoms with Gasteiger partial charge in [0.25, 0.3) is 0 Å². The molecule has 1 aromatic carbocycles. The normalized spacial score (nSPS) is 23.7. The molecule has 118 valence electrons. The number of thioether (sulfide) groups is 1. The lowest BCUT2D eigenvalue weighted by Gasteiger charge is -2.17. The average molecular weight is 325 g/mol. The smallest absolute Gasteiger partial charge is 0.238 e. The molecule has 1 aliphatic carbocycles. The van der Waals surface area contributed by atoms with Crippen molar-refractivity contribution in [2.75, 3.05) is 5.75 Å². The molecule has 5 heteroatoms. The third kappa shape index (κ3) is 3.12. The van der Waals surface area contributed by atoms with E-state index in [-0.39, 0.29) is 23.4 Å². The predicted octanol–water partition coefficient (Wildman–Crippen LogP) is 2.07. The molecule has 1 fully saturated rings. The van der Waals surface area contributed by atoms with Gasteiger partial charge in [0.05, 0.1) is 11.4 Å². The van der Waals surface area contributed by atoms with Gasteiger partial charge >= 0.3 is 0 Å². The lowest BCUT2D eigenvalue weighted by Crippen LogP contribution is -2.47. The average Bonchev–Trinajstić information content (AvgIpc) is 3.22. The number of benzene rings is 1. The van der Waals surface area contributed by atoms with Crippen molar-refractivity contribution in [3.63, 3.8) is 0 Å². The highest BCUT2D eigenvalue weighted by Crippen LogP contribution is 2.32. The molecule has 1 aromatic heterocycles. The summed E-state index contributed by atoms with van der Waals surface area (Å²) in [6, 6.07) is 12.5. The van der Waals surface area contributed by atoms with E-state index >= 15 is 0 Å². The zero-order valence-corrected chi connectivity index (χ0v) is 13.6. The Morgan fingerprint density at radius 3 is 2.65 bits per heavy atom. The topological polar surface area (TPSA) is 54.0 Å². The fourth-order valence-electron chi connectivity index (χ4n) is 3.31. The number of nitrogens with one attached hydrogen (secondary N) is 2. The summed E-state index contributed by atoms with van der Waals surface area (Å²) in [5.74, 6) is 0.909. The van der Waals surface area contributed by atoms with Crippen LogP contribution in [0.3, 0.4) is 0 Å². The number of nitrogens with zero attached hydrogens (tertiary/aromatic N) is 1. The van der Waals surface area contributed by atoms with Crippen LogP contribution in [0.15, 0.2) is 48.8 Å². The third-order valence-electron chi connectivity index (χ3n) is 4.48. The van der Waals surface area contributed by atoms with Gasteiger partial charge in [-0.2, -0.15) is 0 Å². The van der Waals surface area contributed by atoms with Crippen LogP contribution in [0.2, 0.25) is 0 Å². The first-order valence-corrected chi connectivity index (χ1v) is 8.99. The van der Waals surface area contributed by atoms with Crippen LogP contribution in [-0.4, -0.2) is 28.7 Å². The predicted molar refractivity (Wildman–Crippen MR) is 92.1 cm³/mol. The van der Waals surface area contributed by atoms with E-state index in [9.17, 15) is 4.79 Å². The second kappa shape index (κ2) is 6.34. The first-order chi connectivity index (χ1) is 11.3. The molecule has 0 radical (unpaired) electrons. The Labute approximate surface area is 140 Å². The van der Waals surface area contributed by atoms with Gasteiger partial charge in [-0.25, -0.2) is 0 Å². The van der Waals surface area contributed by atoms with Crippen molar-refractivity contribution in [3.05, 3.63) is 65.5 Å². The van der Waals surface area contributed by atoms with E-state index in [1.807, 2.05) is 18.3 Å². The molecule has 0 spiro atoms. The van der Waals surface area contributed by atoms with E-state index in [2.05, 4.69) is 39.9 Å². The Morgan fingerprint density at radius 2 is 1.96 bits per heavy atom. The van der Waals surface area contributed by atoms with Gasteiger partial charge in [-0.15, -0.1) is 11.8 Å². The van der Waals surface area contributed by atoms with Crippen LogP contribution in [-0.2, 0) is 17.6 Å². The summed E-state index contributed by atoms with van der Waals surface area (Å²) < 4.78 is 0. The van der Waals surface area contributed by atoms with Gasteiger partial charge in [-0.1, -0.05) is 30.3 Å². The molecule has 2 aromatic rings. The summed E-state index contributed by atoms with van der Waals surface area (Å²) in [4.78, 5) is 16.7. The van der Waals surface area contributed by atoms with Gasteiger partial charge in [-0.05, 0) is 35.6 Å². The van der Waals surface area contributed by atoms with Gasteiger partial charge in [-0.3, -0.25) is 15.1 Å². The molecule has 1 saturated heterocycles. The summed E-state index contributed by atoms with van der Waals surface area (Å²) in [5, 5.41) is 6.78. The van der Waals surface area contributed by atoms with Crippen molar-refractivity contribution in [1.82, 2.24) is 15.6 Å². The number of amides is 1. The number of carbonyl (C=O) groups is 1. The Hall–Kier alpha value is -1.85. The quantitative estimate of drug-likeness (QED) is 0.907. The lowest BCUT2D eigenvalue weighted by atomic mass is 10.1. The fraction of sp³-hybridized carbons (Fsp3) is 0.333. The van der Waals surface area contributed by atoms with Crippen molar-refractivity contribution in [2.45, 2.75) is 30.3 Å². The SMILES string of the molecule is O=C(NC1Cc2ccccc2C1)C1CSC(c2cccnc2)N1. The minimum absolute atomic E-state index is 0.113. The van der Waals surface area contributed by atoms with Gasteiger partial charge < -0.3 is 5.32 Å². The summed E-state index contributed by atoms with van der Waals surface area (Å²) in [7, 11) is 0. The molecule has 1 amide bonds. The molecule has 4 nitrogen and oxygen atoms in total. The van der Waals surface area contributed by atoms with Crippen LogP contribution in [0.4, 0.5) is 0 Å². The number of rotatable bonds is 3. The Bertz CT molecular complexity index is 681. The van der Waals surface area contributed by atoms with Crippen LogP contribution in [0, 0.1) is 0 Å². The highest BCUT2D eigenvalue weighted by molar-refractivity contribution is 7.99. The second-order valence-corrected chi connectivity index (χ2v) is 7.24. The molecule has 2 unspecified atom stereocenters. The molecule has 2 heterocycles. The van der Waals surface area contributed by atoms with Crippen molar-refractivity contribution in [1.29, 1.82) is 0 Å². The largest absolute Gasteiger partial charge is 0.351 e. The van der Waals surface area contributed by atoms with E-state index in [0.29, 0.717) is 0 Å². The number of aromatic nitrogens is 1. The Kier molecular flexibility index (Phi) is 4.06. The Morgan fingerprint density at radius 1 is 1.17 bits per heavy atom. The van der Waals surface area contributed by atoms with Gasteiger partial charge in [0.1, 0.15) is 0 Å². The molecule has 2 atom stereocenters. The van der Waals surface area contributed by atoms with Gasteiger partial charge in [0, 0.05) is 24.2 Å². The molecule has 23 heavy (non-hydrogen) atoms. The van der Waals surface area contributed by atoms with Crippen LogP contribution >= 0.6 is 11.8 Å². The second-order valence-electron chi connectivity index (χ2n) is 6.10. The van der Waals surface area contributed by atoms with E-state index in [1.54, 1.807) is 18.0 Å². The highest BCUT2D eigenvalue weighted by Gasteiger charge is 2.32. The van der Waals surface area contributed by atoms with Gasteiger partial charge in [0.15, 0.2) is 0 Å². The van der Waals surface area contributed by atoms with E-state index < -0.39 is 0 Å². The first kappa shape index (κ1) is 14.7. The van der Waals surface area contributed by atoms with Crippen LogP contribution in [0.25, 0.3) is 0 Å². The van der Waals surface area contributed by atoms with Crippen molar-refractivity contribution in [2.24, 2.45) is 0 Å². The summed E-state index contributed by atoms with van der Waals surface area (Å²) >= 11 is 1.77. The standard InChI is InChI=1S/C18H19N3OS/c22-17(20-15-8-12-4-1-2-5-13(12)9-15)16-11-23-18(21-16)14-6-3-7-19-10-14/h1-7,10,15-16,18,21H,8-9,11H2,(H,20,22). The summed E-state index contributed by atoms with van der Waals surface area (Å²) in [5.41, 5.74) is 3.85. The number of carbonyl (C=O) groups excluding carboxylic acids is 1. The molecule has 2 N–H and O–H groups in total. The minimum atomic E-state index is -0.131. The molecule has 2 aliphatic rings. The third-order valence-corrected chi connectivity index (χ3v) is 5.75. The Balaban J connectivity index is 1.34. The fourth-order valence-corrected chi connectivity index (χ4v) is 4.53. The highest BCUT2D eigenvalue weighted by atomic mass is 32.2. The molecule has 4 rings (SSSR count). The number of pyridine rings is 1. The van der Waals surface area contributed by atoms with Crippen molar-refractivity contribution >= 4 is 17.7 Å². The molecular formula is C18H19N3OS. The van der Waals surface area contributed by atoms with Crippen LogP contribution in [0.5, 0.6) is 0 Å².